The Balaban J connectivity index is 1.80. The molecule has 1 aliphatic heterocycles. The maximum Gasteiger partial charge on any atom is 0.0233 e. The first-order chi connectivity index (χ1) is 10.5. The fraction of sp³-hybridized carbons (Fsp3) is 0.524. The van der Waals surface area contributed by atoms with Crippen molar-refractivity contribution < 1.29 is 0 Å². The van der Waals surface area contributed by atoms with Crippen molar-refractivity contribution in [2.24, 2.45) is 0 Å². The van der Waals surface area contributed by atoms with E-state index in [9.17, 15) is 0 Å². The molecule has 22 heavy (non-hydrogen) atoms. The number of hydrogen-bond acceptors (Lipinski definition) is 1. The minimum atomic E-state index is 0.221. The number of likely N-dealkylation sites (tertiary alicyclic amines) is 1. The van der Waals surface area contributed by atoms with E-state index in [1.54, 1.807) is 0 Å². The van der Waals surface area contributed by atoms with Gasteiger partial charge in [-0.05, 0) is 59.3 Å². The highest BCUT2D eigenvalue weighted by Gasteiger charge is 2.14. The molecular formula is C21H29N. The van der Waals surface area contributed by atoms with E-state index in [1.165, 1.54) is 60.7 Å². The molecule has 118 valence electrons. The summed E-state index contributed by atoms with van der Waals surface area (Å²) in [6.07, 6.45) is 5.54. The van der Waals surface area contributed by atoms with Crippen LogP contribution >= 0.6 is 0 Å². The van der Waals surface area contributed by atoms with E-state index < -0.39 is 0 Å². The molecule has 0 N–H and O–H groups in total. The van der Waals surface area contributed by atoms with Crippen molar-refractivity contribution >= 4 is 10.8 Å². The van der Waals surface area contributed by atoms with Crippen LogP contribution in [0.2, 0.25) is 0 Å². The molecule has 0 amide bonds. The molecule has 0 radical (unpaired) electrons. The molecule has 1 saturated heterocycles. The molecule has 0 spiro atoms. The molecule has 0 aliphatic carbocycles. The average Bonchev–Trinajstić information content (AvgIpc) is 2.74. The Bertz CT molecular complexity index is 628. The lowest BCUT2D eigenvalue weighted by molar-refractivity contribution is 0.277. The van der Waals surface area contributed by atoms with Gasteiger partial charge < -0.3 is 0 Å². The van der Waals surface area contributed by atoms with Crippen LogP contribution in [-0.4, -0.2) is 18.0 Å². The summed E-state index contributed by atoms with van der Waals surface area (Å²) in [6.45, 7) is 10.5. The number of hydrogen-bond donors (Lipinski definition) is 0. The second-order valence-electron chi connectivity index (χ2n) is 7.84. The van der Waals surface area contributed by atoms with Crippen molar-refractivity contribution in [3.05, 3.63) is 47.5 Å². The summed E-state index contributed by atoms with van der Waals surface area (Å²) in [5.41, 5.74) is 3.09. The molecule has 1 fully saturated rings. The third kappa shape index (κ3) is 3.70. The number of benzene rings is 2. The SMILES string of the molecule is CC(C)(C)c1ccc2cc(CN3CCCCCC3)ccc2c1. The van der Waals surface area contributed by atoms with Crippen LogP contribution in [0.25, 0.3) is 10.8 Å². The summed E-state index contributed by atoms with van der Waals surface area (Å²) in [5.74, 6) is 0. The summed E-state index contributed by atoms with van der Waals surface area (Å²) in [5, 5.41) is 2.74. The van der Waals surface area contributed by atoms with Crippen molar-refractivity contribution in [2.75, 3.05) is 13.1 Å². The maximum atomic E-state index is 2.62. The van der Waals surface area contributed by atoms with Crippen molar-refractivity contribution in [1.29, 1.82) is 0 Å². The second-order valence-corrected chi connectivity index (χ2v) is 7.84. The van der Waals surface area contributed by atoms with E-state index in [0.29, 0.717) is 0 Å². The highest BCUT2D eigenvalue weighted by Crippen LogP contribution is 2.27. The van der Waals surface area contributed by atoms with E-state index in [-0.39, 0.29) is 5.41 Å². The number of rotatable bonds is 2. The summed E-state index contributed by atoms with van der Waals surface area (Å²) in [6, 6.07) is 13.9. The first-order valence-corrected chi connectivity index (χ1v) is 8.78. The quantitative estimate of drug-likeness (QED) is 0.705. The number of nitrogens with zero attached hydrogens (tertiary/aromatic N) is 1. The Morgan fingerprint density at radius 3 is 2.14 bits per heavy atom. The standard InChI is InChI=1S/C21H29N/c1-21(2,3)20-11-10-18-14-17(8-9-19(18)15-20)16-22-12-6-4-5-7-13-22/h8-11,14-15H,4-7,12-13,16H2,1-3H3. The van der Waals surface area contributed by atoms with Crippen molar-refractivity contribution in [2.45, 2.75) is 58.4 Å². The third-order valence-electron chi connectivity index (χ3n) is 4.88. The van der Waals surface area contributed by atoms with Gasteiger partial charge in [-0.1, -0.05) is 63.9 Å². The number of fused-ring (bicyclic) bond motifs is 1. The van der Waals surface area contributed by atoms with Crippen LogP contribution in [0.4, 0.5) is 0 Å². The van der Waals surface area contributed by atoms with Crippen molar-refractivity contribution in [1.82, 2.24) is 4.90 Å². The predicted octanol–water partition coefficient (Wildman–Crippen LogP) is 5.51. The smallest absolute Gasteiger partial charge is 0.0233 e. The van der Waals surface area contributed by atoms with Crippen LogP contribution in [-0.2, 0) is 12.0 Å². The Kier molecular flexibility index (Phi) is 4.54. The van der Waals surface area contributed by atoms with Crippen molar-refractivity contribution in [3.8, 4) is 0 Å². The molecule has 0 saturated carbocycles. The lowest BCUT2D eigenvalue weighted by atomic mass is 9.86. The Hall–Kier alpha value is -1.34. The molecule has 0 unspecified atom stereocenters. The fourth-order valence-corrected chi connectivity index (χ4v) is 3.41. The van der Waals surface area contributed by atoms with Gasteiger partial charge in [0.2, 0.25) is 0 Å². The molecule has 0 atom stereocenters. The van der Waals surface area contributed by atoms with Crippen molar-refractivity contribution in [3.63, 3.8) is 0 Å². The summed E-state index contributed by atoms with van der Waals surface area (Å²) in [7, 11) is 0. The first kappa shape index (κ1) is 15.6. The topological polar surface area (TPSA) is 3.24 Å². The monoisotopic (exact) mass is 295 g/mol. The molecule has 0 bridgehead atoms. The first-order valence-electron chi connectivity index (χ1n) is 8.78. The van der Waals surface area contributed by atoms with Gasteiger partial charge in [0.15, 0.2) is 0 Å². The van der Waals surface area contributed by atoms with Crippen LogP contribution in [0.15, 0.2) is 36.4 Å². The zero-order valence-corrected chi connectivity index (χ0v) is 14.4. The second kappa shape index (κ2) is 6.42. The van der Waals surface area contributed by atoms with Crippen LogP contribution in [0.1, 0.15) is 57.6 Å². The molecule has 2 aromatic carbocycles. The zero-order chi connectivity index (χ0) is 15.6. The van der Waals surface area contributed by atoms with Gasteiger partial charge in [-0.3, -0.25) is 4.90 Å². The van der Waals surface area contributed by atoms with Gasteiger partial charge in [-0.25, -0.2) is 0 Å². The molecule has 1 nitrogen and oxygen atoms in total. The van der Waals surface area contributed by atoms with Gasteiger partial charge in [-0.2, -0.15) is 0 Å². The predicted molar refractivity (Wildman–Crippen MR) is 96.4 cm³/mol. The van der Waals surface area contributed by atoms with Gasteiger partial charge in [0.05, 0.1) is 0 Å². The Morgan fingerprint density at radius 2 is 1.45 bits per heavy atom. The van der Waals surface area contributed by atoms with Crippen LogP contribution in [0.3, 0.4) is 0 Å². The molecule has 3 rings (SSSR count). The van der Waals surface area contributed by atoms with Crippen LogP contribution in [0.5, 0.6) is 0 Å². The highest BCUT2D eigenvalue weighted by atomic mass is 15.1. The van der Waals surface area contributed by atoms with Gasteiger partial charge in [-0.15, -0.1) is 0 Å². The summed E-state index contributed by atoms with van der Waals surface area (Å²) >= 11 is 0. The van der Waals surface area contributed by atoms with E-state index in [0.717, 1.165) is 6.54 Å². The van der Waals surface area contributed by atoms with Gasteiger partial charge in [0, 0.05) is 6.54 Å². The van der Waals surface area contributed by atoms with Gasteiger partial charge in [0.25, 0.3) is 0 Å². The van der Waals surface area contributed by atoms with Crippen LogP contribution < -0.4 is 0 Å². The lowest BCUT2D eigenvalue weighted by Gasteiger charge is -2.21. The minimum absolute atomic E-state index is 0.221. The van der Waals surface area contributed by atoms with Gasteiger partial charge >= 0.3 is 0 Å². The van der Waals surface area contributed by atoms with E-state index in [4.69, 9.17) is 0 Å². The molecule has 1 aliphatic rings. The van der Waals surface area contributed by atoms with Gasteiger partial charge in [0.1, 0.15) is 0 Å². The minimum Gasteiger partial charge on any atom is -0.299 e. The Morgan fingerprint density at radius 1 is 0.818 bits per heavy atom. The zero-order valence-electron chi connectivity index (χ0n) is 14.4. The normalized spacial score (nSPS) is 17.6. The molecule has 2 aromatic rings. The van der Waals surface area contributed by atoms with E-state index in [1.807, 2.05) is 0 Å². The largest absolute Gasteiger partial charge is 0.299 e. The lowest BCUT2D eigenvalue weighted by Crippen LogP contribution is -2.23. The van der Waals surface area contributed by atoms with E-state index in [2.05, 4.69) is 62.1 Å². The third-order valence-corrected chi connectivity index (χ3v) is 4.88. The Labute approximate surface area is 135 Å². The molecule has 1 heterocycles. The van der Waals surface area contributed by atoms with E-state index >= 15 is 0 Å². The highest BCUT2D eigenvalue weighted by molar-refractivity contribution is 5.84. The molecule has 1 heteroatoms. The summed E-state index contributed by atoms with van der Waals surface area (Å²) < 4.78 is 0. The average molecular weight is 295 g/mol. The molecule has 0 aromatic heterocycles. The summed E-state index contributed by atoms with van der Waals surface area (Å²) in [4.78, 5) is 2.62. The molecular weight excluding hydrogens is 266 g/mol. The fourth-order valence-electron chi connectivity index (χ4n) is 3.41. The van der Waals surface area contributed by atoms with Crippen LogP contribution in [0, 0.1) is 0 Å². The maximum absolute atomic E-state index is 2.62.